The second kappa shape index (κ2) is 9.71. The summed E-state index contributed by atoms with van der Waals surface area (Å²) in [5.74, 6) is 0.536. The van der Waals surface area contributed by atoms with Crippen LogP contribution in [0.3, 0.4) is 0 Å². The van der Waals surface area contributed by atoms with E-state index in [0.717, 1.165) is 12.0 Å². The van der Waals surface area contributed by atoms with Crippen molar-refractivity contribution in [3.63, 3.8) is 0 Å². The zero-order valence-electron chi connectivity index (χ0n) is 17.8. The zero-order chi connectivity index (χ0) is 24.3. The van der Waals surface area contributed by atoms with Crippen LogP contribution in [0.2, 0.25) is 0 Å². The molecule has 2 aromatic carbocycles. The van der Waals surface area contributed by atoms with Crippen LogP contribution in [0.1, 0.15) is 47.0 Å². The van der Waals surface area contributed by atoms with Gasteiger partial charge in [-0.3, -0.25) is 4.90 Å². The topological polar surface area (TPSA) is 66.9 Å². The Morgan fingerprint density at radius 2 is 1.65 bits per heavy atom. The van der Waals surface area contributed by atoms with Crippen LogP contribution in [0, 0.1) is 0 Å². The molecule has 0 radical (unpaired) electrons. The van der Waals surface area contributed by atoms with E-state index in [1.807, 2.05) is 30.3 Å². The summed E-state index contributed by atoms with van der Waals surface area (Å²) < 4.78 is 85.3. The molecule has 0 saturated carbocycles. The van der Waals surface area contributed by atoms with E-state index in [-0.39, 0.29) is 17.7 Å². The molecule has 1 fully saturated rings. The number of hydrogen-bond acceptors (Lipinski definition) is 5. The number of alkyl halides is 6. The number of hydrogen-bond donors (Lipinski definition) is 1. The molecule has 182 valence electrons. The van der Waals surface area contributed by atoms with E-state index in [1.54, 1.807) is 0 Å². The summed E-state index contributed by atoms with van der Waals surface area (Å²) in [7, 11) is 0. The first-order valence-electron chi connectivity index (χ1n) is 10.5. The van der Waals surface area contributed by atoms with Gasteiger partial charge in [0.15, 0.2) is 5.82 Å². The maximum Gasteiger partial charge on any atom is 0.416 e. The molecular weight excluding hydrogens is 464 g/mol. The van der Waals surface area contributed by atoms with Crippen LogP contribution in [0.4, 0.5) is 26.3 Å². The van der Waals surface area contributed by atoms with Crippen LogP contribution in [0.15, 0.2) is 48.5 Å². The van der Waals surface area contributed by atoms with Gasteiger partial charge in [0.25, 0.3) is 0 Å². The molecule has 0 aliphatic carbocycles. The highest BCUT2D eigenvalue weighted by Gasteiger charge is 2.38. The fourth-order valence-corrected chi connectivity index (χ4v) is 4.20. The lowest BCUT2D eigenvalue weighted by Gasteiger charge is -2.41. The van der Waals surface area contributed by atoms with Gasteiger partial charge in [-0.15, -0.1) is 5.10 Å². The monoisotopic (exact) mass is 485 g/mol. The van der Waals surface area contributed by atoms with Gasteiger partial charge < -0.3 is 4.74 Å². The molecule has 6 nitrogen and oxygen atoms in total. The van der Waals surface area contributed by atoms with Crippen molar-refractivity contribution in [3.05, 3.63) is 76.6 Å². The van der Waals surface area contributed by atoms with E-state index < -0.39 is 36.2 Å². The lowest BCUT2D eigenvalue weighted by atomic mass is 9.92. The van der Waals surface area contributed by atoms with E-state index >= 15 is 0 Å². The molecule has 0 amide bonds. The van der Waals surface area contributed by atoms with Gasteiger partial charge in [-0.25, -0.2) is 5.10 Å². The van der Waals surface area contributed by atoms with E-state index in [4.69, 9.17) is 4.74 Å². The van der Waals surface area contributed by atoms with Crippen molar-refractivity contribution in [3.8, 4) is 0 Å². The number of rotatable bonds is 6. The molecule has 0 bridgehead atoms. The maximum atomic E-state index is 13.2. The van der Waals surface area contributed by atoms with Crippen molar-refractivity contribution in [2.75, 3.05) is 6.54 Å². The third-order valence-electron chi connectivity index (χ3n) is 5.67. The van der Waals surface area contributed by atoms with Crippen molar-refractivity contribution in [1.29, 1.82) is 0 Å². The summed E-state index contributed by atoms with van der Waals surface area (Å²) in [6.45, 7) is 0.689. The first-order chi connectivity index (χ1) is 16.1. The number of benzene rings is 2. The summed E-state index contributed by atoms with van der Waals surface area (Å²) in [5.41, 5.74) is -1.99. The van der Waals surface area contributed by atoms with E-state index in [9.17, 15) is 26.3 Å². The van der Waals surface area contributed by atoms with Crippen molar-refractivity contribution < 1.29 is 31.1 Å². The van der Waals surface area contributed by atoms with Gasteiger partial charge in [-0.05, 0) is 59.1 Å². The third kappa shape index (κ3) is 5.73. The lowest BCUT2D eigenvalue weighted by molar-refractivity contribution is -0.143. The number of likely N-dealkylation sites (tertiary alicyclic amines) is 1. The summed E-state index contributed by atoms with van der Waals surface area (Å²) in [6, 6.07) is 10.6. The Bertz CT molecular complexity index is 1040. The average Bonchev–Trinajstić information content (AvgIpc) is 3.30. The molecule has 2 unspecified atom stereocenters. The number of aromatic nitrogens is 4. The Labute approximate surface area is 190 Å². The number of tetrazole rings is 1. The van der Waals surface area contributed by atoms with Crippen LogP contribution < -0.4 is 0 Å². The predicted molar refractivity (Wildman–Crippen MR) is 108 cm³/mol. The summed E-state index contributed by atoms with van der Waals surface area (Å²) >= 11 is 0. The Kier molecular flexibility index (Phi) is 6.89. The van der Waals surface area contributed by atoms with Gasteiger partial charge >= 0.3 is 12.4 Å². The molecule has 3 aromatic rings. The zero-order valence-corrected chi connectivity index (χ0v) is 17.8. The van der Waals surface area contributed by atoms with Gasteiger partial charge in [0.2, 0.25) is 0 Å². The highest BCUT2D eigenvalue weighted by atomic mass is 19.4. The first-order valence-corrected chi connectivity index (χ1v) is 10.5. The molecule has 34 heavy (non-hydrogen) atoms. The van der Waals surface area contributed by atoms with Crippen molar-refractivity contribution in [1.82, 2.24) is 25.5 Å². The van der Waals surface area contributed by atoms with Gasteiger partial charge in [-0.2, -0.15) is 26.3 Å². The second-order valence-corrected chi connectivity index (χ2v) is 8.08. The Morgan fingerprint density at radius 1 is 0.971 bits per heavy atom. The van der Waals surface area contributed by atoms with E-state index in [0.29, 0.717) is 37.5 Å². The highest BCUT2D eigenvalue weighted by molar-refractivity contribution is 5.33. The summed E-state index contributed by atoms with van der Waals surface area (Å²) in [4.78, 5) is 2.08. The highest BCUT2D eigenvalue weighted by Crippen LogP contribution is 2.38. The van der Waals surface area contributed by atoms with Gasteiger partial charge in [0.05, 0.1) is 36.4 Å². The molecule has 2 heterocycles. The maximum absolute atomic E-state index is 13.2. The molecule has 1 aromatic heterocycles. The molecule has 1 saturated heterocycles. The number of ether oxygens (including phenoxy) is 1. The van der Waals surface area contributed by atoms with Gasteiger partial charge in [-0.1, -0.05) is 30.3 Å². The molecule has 0 spiro atoms. The van der Waals surface area contributed by atoms with E-state index in [2.05, 4.69) is 25.5 Å². The predicted octanol–water partition coefficient (Wildman–Crippen LogP) is 5.16. The molecule has 1 N–H and O–H groups in total. The van der Waals surface area contributed by atoms with Gasteiger partial charge in [0, 0.05) is 0 Å². The largest absolute Gasteiger partial charge is 0.416 e. The number of piperidine rings is 1. The Hall–Kier alpha value is -2.99. The molecule has 1 aliphatic rings. The quantitative estimate of drug-likeness (QED) is 0.489. The minimum Gasteiger partial charge on any atom is -0.372 e. The lowest BCUT2D eigenvalue weighted by Crippen LogP contribution is -2.42. The number of aromatic amines is 1. The fourth-order valence-electron chi connectivity index (χ4n) is 4.20. The van der Waals surface area contributed by atoms with Crippen molar-refractivity contribution in [2.24, 2.45) is 0 Å². The minimum atomic E-state index is -4.91. The normalized spacial score (nSPS) is 19.9. The third-order valence-corrected chi connectivity index (χ3v) is 5.67. The number of H-pyrrole nitrogens is 1. The minimum absolute atomic E-state index is 0.115. The average molecular weight is 485 g/mol. The van der Waals surface area contributed by atoms with E-state index in [1.165, 1.54) is 0 Å². The summed E-state index contributed by atoms with van der Waals surface area (Å²) in [5, 5.41) is 13.8. The Morgan fingerprint density at radius 3 is 2.24 bits per heavy atom. The molecule has 2 atom stereocenters. The SMILES string of the molecule is FC(F)(F)c1cc(COC2CCCN(Cc3nnn[nH]3)C2c2ccccc2)cc(C(F)(F)F)c1. The second-order valence-electron chi connectivity index (χ2n) is 8.08. The summed E-state index contributed by atoms with van der Waals surface area (Å²) in [6.07, 6.45) is -8.96. The molecular formula is C22H21F6N5O. The van der Waals surface area contributed by atoms with Crippen LogP contribution in [-0.2, 0) is 30.2 Å². The van der Waals surface area contributed by atoms with Crippen LogP contribution in [0.5, 0.6) is 0 Å². The molecule has 12 heteroatoms. The fraction of sp³-hybridized carbons (Fsp3) is 0.409. The number of nitrogens with one attached hydrogen (secondary N) is 1. The standard InChI is InChI=1S/C22H21F6N5O/c23-21(24,25)16-9-14(10-17(11-16)22(26,27)28)13-34-18-7-4-8-33(12-19-29-31-32-30-19)20(18)15-5-2-1-3-6-15/h1-3,5-6,9-11,18,20H,4,7-8,12-13H2,(H,29,30,31,32). The smallest absolute Gasteiger partial charge is 0.372 e. The van der Waals surface area contributed by atoms with Crippen molar-refractivity contribution >= 4 is 0 Å². The van der Waals surface area contributed by atoms with Crippen LogP contribution in [-0.4, -0.2) is 38.2 Å². The number of nitrogens with zero attached hydrogens (tertiary/aromatic N) is 4. The Balaban J connectivity index is 1.59. The molecule has 4 rings (SSSR count). The van der Waals surface area contributed by atoms with Gasteiger partial charge in [0.1, 0.15) is 0 Å². The van der Waals surface area contributed by atoms with Crippen LogP contribution in [0.25, 0.3) is 0 Å². The molecule has 1 aliphatic heterocycles. The first kappa shape index (κ1) is 24.1. The number of halogens is 6. The van der Waals surface area contributed by atoms with Crippen molar-refractivity contribution in [2.45, 2.75) is 50.5 Å². The van der Waals surface area contributed by atoms with Crippen LogP contribution >= 0.6 is 0 Å².